The summed E-state index contributed by atoms with van der Waals surface area (Å²) in [7, 11) is 3.98. The summed E-state index contributed by atoms with van der Waals surface area (Å²) in [6.07, 6.45) is 7.74. The fourth-order valence-electron chi connectivity index (χ4n) is 2.95. The van der Waals surface area contributed by atoms with Crippen LogP contribution >= 0.6 is 0 Å². The lowest BCUT2D eigenvalue weighted by Gasteiger charge is -2.15. The zero-order valence-electron chi connectivity index (χ0n) is 16.2. The molecule has 0 amide bonds. The number of hydrogen-bond donors (Lipinski definition) is 0. The smallest absolute Gasteiger partial charge is 0.230 e. The van der Waals surface area contributed by atoms with Gasteiger partial charge in [-0.05, 0) is 17.4 Å². The summed E-state index contributed by atoms with van der Waals surface area (Å²) in [5, 5.41) is 0. The van der Waals surface area contributed by atoms with Crippen LogP contribution in [-0.4, -0.2) is 14.0 Å². The Bertz CT molecular complexity index is 908. The lowest BCUT2D eigenvalue weighted by atomic mass is 9.91. The Morgan fingerprint density at radius 2 is 1.86 bits per heavy atom. The van der Waals surface area contributed by atoms with Crippen LogP contribution in [-0.2, 0) is 14.1 Å². The van der Waals surface area contributed by atoms with E-state index in [1.807, 2.05) is 80.0 Å². The third-order valence-corrected chi connectivity index (χ3v) is 4.18. The standard InChI is InChI=1S/C18H25N4/c1-12(2)14-9-16(20(5)10-15(14)13(3)4)17-11-22-8-7-19-18(22)21(17)6/h7-13H,1-6H3/q+1/i12D,13D. The molecule has 0 aliphatic heterocycles. The molecule has 0 bridgehead atoms. The third kappa shape index (κ3) is 2.23. The molecule has 3 rings (SSSR count). The first-order valence-corrected chi connectivity index (χ1v) is 7.53. The summed E-state index contributed by atoms with van der Waals surface area (Å²) in [5.41, 5.74) is 3.80. The van der Waals surface area contributed by atoms with Crippen LogP contribution in [0.1, 0.15) is 53.4 Å². The van der Waals surface area contributed by atoms with Crippen molar-refractivity contribution >= 4 is 5.78 Å². The summed E-state index contributed by atoms with van der Waals surface area (Å²) < 4.78 is 23.1. The van der Waals surface area contributed by atoms with E-state index in [0.717, 1.165) is 28.3 Å². The van der Waals surface area contributed by atoms with Crippen molar-refractivity contribution < 1.29 is 7.31 Å². The van der Waals surface area contributed by atoms with Crippen LogP contribution in [0.2, 0.25) is 0 Å². The van der Waals surface area contributed by atoms with Crippen LogP contribution in [0.4, 0.5) is 0 Å². The van der Waals surface area contributed by atoms with Gasteiger partial charge in [0.2, 0.25) is 11.5 Å². The Kier molecular flexibility index (Phi) is 2.98. The number of hydrogen-bond acceptors (Lipinski definition) is 1. The van der Waals surface area contributed by atoms with E-state index >= 15 is 0 Å². The number of fused-ring (bicyclic) bond motifs is 1. The molecule has 0 spiro atoms. The van der Waals surface area contributed by atoms with Gasteiger partial charge in [0.15, 0.2) is 6.20 Å². The van der Waals surface area contributed by atoms with E-state index in [4.69, 9.17) is 2.74 Å². The van der Waals surface area contributed by atoms with Gasteiger partial charge < -0.3 is 4.57 Å². The fourth-order valence-corrected chi connectivity index (χ4v) is 2.95. The number of aromatic nitrogens is 4. The molecular formula is C18H25N4+. The minimum Gasteiger partial charge on any atom is -0.308 e. The number of pyridine rings is 1. The molecule has 0 radical (unpaired) electrons. The highest BCUT2D eigenvalue weighted by Crippen LogP contribution is 2.28. The molecule has 0 aliphatic rings. The summed E-state index contributed by atoms with van der Waals surface area (Å²) in [6, 6.07) is 2.05. The van der Waals surface area contributed by atoms with Gasteiger partial charge in [0.05, 0.1) is 0 Å². The van der Waals surface area contributed by atoms with E-state index in [1.165, 1.54) is 0 Å². The van der Waals surface area contributed by atoms with E-state index < -0.39 is 11.8 Å². The third-order valence-electron chi connectivity index (χ3n) is 4.18. The Morgan fingerprint density at radius 3 is 2.45 bits per heavy atom. The monoisotopic (exact) mass is 299 g/mol. The molecule has 0 aromatic carbocycles. The van der Waals surface area contributed by atoms with Crippen molar-refractivity contribution in [1.29, 1.82) is 0 Å². The number of imidazole rings is 2. The number of aryl methyl sites for hydroxylation is 2. The Hall–Kier alpha value is -2.10. The second-order valence-corrected chi connectivity index (χ2v) is 6.30. The largest absolute Gasteiger partial charge is 0.308 e. The molecule has 0 saturated carbocycles. The summed E-state index contributed by atoms with van der Waals surface area (Å²) in [6.45, 7) is 7.49. The van der Waals surface area contributed by atoms with Gasteiger partial charge in [-0.25, -0.2) is 4.98 Å². The lowest BCUT2D eigenvalue weighted by Crippen LogP contribution is -2.33. The van der Waals surface area contributed by atoms with E-state index in [0.29, 0.717) is 0 Å². The van der Waals surface area contributed by atoms with Crippen molar-refractivity contribution in [2.75, 3.05) is 0 Å². The van der Waals surface area contributed by atoms with Gasteiger partial charge in [0.25, 0.3) is 0 Å². The molecule has 3 aromatic rings. The zero-order valence-corrected chi connectivity index (χ0v) is 14.2. The molecule has 116 valence electrons. The quantitative estimate of drug-likeness (QED) is 0.681. The normalized spacial score (nSPS) is 14.3. The maximum Gasteiger partial charge on any atom is 0.230 e. The average molecular weight is 299 g/mol. The first-order chi connectivity index (χ1) is 11.0. The molecule has 0 saturated heterocycles. The van der Waals surface area contributed by atoms with Crippen molar-refractivity contribution in [2.24, 2.45) is 14.1 Å². The minimum atomic E-state index is -0.776. The van der Waals surface area contributed by atoms with E-state index in [9.17, 15) is 0 Å². The molecule has 0 fully saturated rings. The van der Waals surface area contributed by atoms with Crippen molar-refractivity contribution in [1.82, 2.24) is 14.0 Å². The van der Waals surface area contributed by atoms with Crippen molar-refractivity contribution in [3.8, 4) is 11.4 Å². The Balaban J connectivity index is 2.30. The molecule has 4 nitrogen and oxygen atoms in total. The highest BCUT2D eigenvalue weighted by molar-refractivity contribution is 5.57. The summed E-state index contributed by atoms with van der Waals surface area (Å²) in [4.78, 5) is 4.37. The van der Waals surface area contributed by atoms with Crippen LogP contribution in [0, 0.1) is 0 Å². The molecular weight excluding hydrogens is 272 g/mol. The Morgan fingerprint density at radius 1 is 1.18 bits per heavy atom. The van der Waals surface area contributed by atoms with Crippen molar-refractivity contribution in [2.45, 2.75) is 39.5 Å². The van der Waals surface area contributed by atoms with Crippen LogP contribution in [0.5, 0.6) is 0 Å². The maximum atomic E-state index is 8.54. The van der Waals surface area contributed by atoms with Gasteiger partial charge in [-0.3, -0.25) is 4.40 Å². The van der Waals surface area contributed by atoms with Gasteiger partial charge >= 0.3 is 0 Å². The second kappa shape index (κ2) is 5.27. The van der Waals surface area contributed by atoms with E-state index in [2.05, 4.69) is 4.98 Å². The zero-order chi connectivity index (χ0) is 17.9. The van der Waals surface area contributed by atoms with Crippen molar-refractivity contribution in [3.05, 3.63) is 42.0 Å². The van der Waals surface area contributed by atoms with Gasteiger partial charge in [-0.2, -0.15) is 4.57 Å². The highest BCUT2D eigenvalue weighted by atomic mass is 15.2. The molecule has 0 aliphatic carbocycles. The van der Waals surface area contributed by atoms with Gasteiger partial charge in [-0.15, -0.1) is 0 Å². The SMILES string of the molecule is [2H]C(C)(C)c1cc(-c2cn3ccnc3n2C)[n+](C)cc1C([2H])(C)C. The predicted octanol–water partition coefficient (Wildman–Crippen LogP) is 3.41. The van der Waals surface area contributed by atoms with Gasteiger partial charge in [0.1, 0.15) is 12.7 Å². The average Bonchev–Trinajstić information content (AvgIpc) is 3.00. The van der Waals surface area contributed by atoms with E-state index in [1.54, 1.807) is 6.20 Å². The van der Waals surface area contributed by atoms with Crippen LogP contribution in [0.15, 0.2) is 30.9 Å². The summed E-state index contributed by atoms with van der Waals surface area (Å²) in [5.74, 6) is -0.657. The lowest BCUT2D eigenvalue weighted by molar-refractivity contribution is -0.661. The molecule has 0 atom stereocenters. The molecule has 22 heavy (non-hydrogen) atoms. The molecule has 3 aromatic heterocycles. The van der Waals surface area contributed by atoms with E-state index in [-0.39, 0.29) is 0 Å². The van der Waals surface area contributed by atoms with Gasteiger partial charge in [-0.1, -0.05) is 27.7 Å². The topological polar surface area (TPSA) is 26.1 Å². The first kappa shape index (κ1) is 12.4. The number of rotatable bonds is 3. The first-order valence-electron chi connectivity index (χ1n) is 8.53. The number of nitrogens with zero attached hydrogens (tertiary/aromatic N) is 4. The summed E-state index contributed by atoms with van der Waals surface area (Å²) >= 11 is 0. The molecule has 3 heterocycles. The molecule has 0 unspecified atom stereocenters. The highest BCUT2D eigenvalue weighted by Gasteiger charge is 2.22. The van der Waals surface area contributed by atoms with Crippen LogP contribution in [0.3, 0.4) is 0 Å². The minimum absolute atomic E-state index is 0.757. The molecule has 0 N–H and O–H groups in total. The van der Waals surface area contributed by atoms with Crippen LogP contribution < -0.4 is 4.57 Å². The van der Waals surface area contributed by atoms with Crippen molar-refractivity contribution in [3.63, 3.8) is 0 Å². The second-order valence-electron chi connectivity index (χ2n) is 6.30. The van der Waals surface area contributed by atoms with Crippen LogP contribution in [0.25, 0.3) is 17.2 Å². The van der Waals surface area contributed by atoms with Gasteiger partial charge in [0, 0.05) is 40.0 Å². The Labute approximate surface area is 134 Å². The molecule has 4 heteroatoms. The predicted molar refractivity (Wildman–Crippen MR) is 89.0 cm³/mol. The fraction of sp³-hybridized carbons (Fsp3) is 0.444. The maximum absolute atomic E-state index is 8.54.